The summed E-state index contributed by atoms with van der Waals surface area (Å²) in [4.78, 5) is 45.1. The van der Waals surface area contributed by atoms with Crippen LogP contribution in [-0.2, 0) is 37.0 Å². The van der Waals surface area contributed by atoms with Crippen molar-refractivity contribution in [3.05, 3.63) is 47.5 Å². The van der Waals surface area contributed by atoms with Crippen molar-refractivity contribution < 1.29 is 52.3 Å². The van der Waals surface area contributed by atoms with Crippen molar-refractivity contribution >= 4 is 35.3 Å². The highest BCUT2D eigenvalue weighted by Gasteiger charge is 2.43. The second kappa shape index (κ2) is 20.9. The summed E-state index contributed by atoms with van der Waals surface area (Å²) >= 11 is 5.56. The van der Waals surface area contributed by atoms with Gasteiger partial charge in [-0.25, -0.2) is 9.59 Å². The Balaban J connectivity index is 0.000000310. The van der Waals surface area contributed by atoms with Crippen LogP contribution in [0.5, 0.6) is 23.0 Å². The van der Waals surface area contributed by atoms with Gasteiger partial charge in [0.2, 0.25) is 5.91 Å². The van der Waals surface area contributed by atoms with Crippen LogP contribution in [0.3, 0.4) is 0 Å². The number of likely N-dealkylation sites (tertiary alicyclic amines) is 2. The second-order valence-electron chi connectivity index (χ2n) is 16.5. The summed E-state index contributed by atoms with van der Waals surface area (Å²) in [6.45, 7) is 12.4. The predicted molar refractivity (Wildman–Crippen MR) is 224 cm³/mol. The Morgan fingerprint density at radius 3 is 1.26 bits per heavy atom. The Hall–Kier alpha value is -4.54. The van der Waals surface area contributed by atoms with Crippen LogP contribution < -0.4 is 18.9 Å². The Morgan fingerprint density at radius 2 is 0.948 bits per heavy atom. The summed E-state index contributed by atoms with van der Waals surface area (Å²) in [7, 11) is 13.5. The number of nitrogens with zero attached hydrogens (tertiary/aromatic N) is 4. The highest BCUT2D eigenvalue weighted by atomic mass is 32.1. The fraction of sp³-hybridized carbons (Fsp3) is 0.619. The van der Waals surface area contributed by atoms with Crippen LogP contribution in [0.2, 0.25) is 0 Å². The topological polar surface area (TPSA) is 138 Å². The molecule has 0 N–H and O–H groups in total. The van der Waals surface area contributed by atoms with Gasteiger partial charge in [0, 0.05) is 53.2 Å². The van der Waals surface area contributed by atoms with E-state index in [0.29, 0.717) is 67.1 Å². The normalized spacial score (nSPS) is 19.1. The smallest absolute Gasteiger partial charge is 0.411 e. The molecule has 0 unspecified atom stereocenters. The molecular weight excluding hydrogens is 769 g/mol. The lowest BCUT2D eigenvalue weighted by molar-refractivity contribution is -0.133. The minimum absolute atomic E-state index is 0.148. The fourth-order valence-corrected chi connectivity index (χ4v) is 6.50. The molecule has 0 aliphatic carbocycles. The number of methoxy groups -OCH3 is 4. The molecule has 2 fully saturated rings. The van der Waals surface area contributed by atoms with Crippen molar-refractivity contribution in [3.63, 3.8) is 0 Å². The molecule has 2 aliphatic heterocycles. The number of carbonyl (C=O) groups is 3. The van der Waals surface area contributed by atoms with E-state index in [-0.39, 0.29) is 30.3 Å². The standard InChI is InChI=1S/C21H32N2O6.C21H32N2O5S/c1-21(2,3)29-20(25)23-12-17(11-18(23)19(24)22(4)5)28-13-14-8-15(26-6)10-16(9-14)27-7;1-21(2,3)28-20(24)23-12-17(11-18(23)19(29)22(4)5)27-13-14-8-15(25-6)10-16(9-14)26-7/h2*8-10,17-18H,11-13H2,1-7H3/t2*17-,18+/m11/s1. The SMILES string of the molecule is COc1cc(CO[C@@H]2C[C@@H](C(=O)N(C)C)N(C(=O)OC(C)(C)C)C2)cc(OC)c1.COc1cc(CO[C@@H]2C[C@@H](C(=S)N(C)C)N(C(=O)OC(C)(C)C)C2)cc(OC)c1. The lowest BCUT2D eigenvalue weighted by Crippen LogP contribution is -2.47. The molecule has 2 aromatic carbocycles. The summed E-state index contributed by atoms with van der Waals surface area (Å²) < 4.78 is 44.4. The van der Waals surface area contributed by atoms with E-state index >= 15 is 0 Å². The van der Waals surface area contributed by atoms with Crippen LogP contribution in [0.25, 0.3) is 0 Å². The molecule has 15 nitrogen and oxygen atoms in total. The number of thiocarbonyl (C=S) groups is 1. The van der Waals surface area contributed by atoms with Gasteiger partial charge in [0.05, 0.1) is 73.0 Å². The van der Waals surface area contributed by atoms with Crippen LogP contribution in [0.1, 0.15) is 65.5 Å². The van der Waals surface area contributed by atoms with Gasteiger partial charge in [-0.2, -0.15) is 0 Å². The molecule has 0 spiro atoms. The van der Waals surface area contributed by atoms with Gasteiger partial charge < -0.3 is 47.7 Å². The number of benzene rings is 2. The Bertz CT molecular complexity index is 1540. The van der Waals surface area contributed by atoms with E-state index in [2.05, 4.69) is 0 Å². The third kappa shape index (κ3) is 14.4. The third-order valence-electron chi connectivity index (χ3n) is 9.03. The molecule has 4 atom stereocenters. The number of ether oxygens (including phenoxy) is 8. The van der Waals surface area contributed by atoms with Gasteiger partial charge >= 0.3 is 12.2 Å². The zero-order chi connectivity index (χ0) is 43.5. The summed E-state index contributed by atoms with van der Waals surface area (Å²) in [5.41, 5.74) is 0.604. The number of hydrogen-bond donors (Lipinski definition) is 0. The largest absolute Gasteiger partial charge is 0.497 e. The zero-order valence-electron chi connectivity index (χ0n) is 36.7. The first-order chi connectivity index (χ1) is 27.1. The number of likely N-dealkylation sites (N-methyl/N-ethyl adjacent to an activating group) is 2. The molecule has 0 aromatic heterocycles. The van der Waals surface area contributed by atoms with Gasteiger partial charge in [0.1, 0.15) is 45.2 Å². The molecule has 0 bridgehead atoms. The Morgan fingerprint density at radius 1 is 0.603 bits per heavy atom. The van der Waals surface area contributed by atoms with Gasteiger partial charge in [-0.1, -0.05) is 12.2 Å². The van der Waals surface area contributed by atoms with Crippen molar-refractivity contribution in [3.8, 4) is 23.0 Å². The van der Waals surface area contributed by atoms with E-state index in [1.807, 2.05) is 70.1 Å². The van der Waals surface area contributed by atoms with Crippen molar-refractivity contribution in [1.82, 2.24) is 19.6 Å². The maximum atomic E-state index is 12.7. The van der Waals surface area contributed by atoms with Gasteiger partial charge in [-0.3, -0.25) is 14.6 Å². The fourth-order valence-electron chi connectivity index (χ4n) is 6.27. The first-order valence-corrected chi connectivity index (χ1v) is 19.6. The minimum atomic E-state index is -0.640. The van der Waals surface area contributed by atoms with Crippen molar-refractivity contribution in [2.45, 2.75) is 103 Å². The van der Waals surface area contributed by atoms with Crippen molar-refractivity contribution in [2.75, 3.05) is 69.7 Å². The summed E-state index contributed by atoms with van der Waals surface area (Å²) in [5, 5.41) is 0. The van der Waals surface area contributed by atoms with E-state index < -0.39 is 23.3 Å². The maximum Gasteiger partial charge on any atom is 0.411 e. The highest BCUT2D eigenvalue weighted by Crippen LogP contribution is 2.30. The van der Waals surface area contributed by atoms with Gasteiger partial charge in [0.15, 0.2) is 0 Å². The number of hydrogen-bond acceptors (Lipinski definition) is 12. The molecule has 0 radical (unpaired) electrons. The zero-order valence-corrected chi connectivity index (χ0v) is 37.5. The van der Waals surface area contributed by atoms with Gasteiger partial charge in [-0.05, 0) is 76.9 Å². The summed E-state index contributed by atoms with van der Waals surface area (Å²) in [6.07, 6.45) is -0.279. The van der Waals surface area contributed by atoms with Gasteiger partial charge in [-0.15, -0.1) is 0 Å². The Labute approximate surface area is 349 Å². The van der Waals surface area contributed by atoms with Crippen LogP contribution in [0.4, 0.5) is 9.59 Å². The van der Waals surface area contributed by atoms with E-state index in [9.17, 15) is 14.4 Å². The Kier molecular flexibility index (Phi) is 17.3. The lowest BCUT2D eigenvalue weighted by Gasteiger charge is -2.30. The average molecular weight is 833 g/mol. The molecule has 2 aliphatic rings. The van der Waals surface area contributed by atoms with Gasteiger partial charge in [0.25, 0.3) is 0 Å². The molecule has 2 saturated heterocycles. The van der Waals surface area contributed by atoms with Crippen LogP contribution in [-0.4, -0.2) is 148 Å². The second-order valence-corrected chi connectivity index (χ2v) is 17.0. The van der Waals surface area contributed by atoms with Crippen LogP contribution in [0.15, 0.2) is 36.4 Å². The maximum absolute atomic E-state index is 12.7. The van der Waals surface area contributed by atoms with E-state index in [1.165, 1.54) is 9.80 Å². The molecule has 4 rings (SSSR count). The summed E-state index contributed by atoms with van der Waals surface area (Å²) in [5.74, 6) is 2.61. The van der Waals surface area contributed by atoms with Crippen molar-refractivity contribution in [2.24, 2.45) is 0 Å². The lowest BCUT2D eigenvalue weighted by atomic mass is 10.1. The molecule has 16 heteroatoms. The highest BCUT2D eigenvalue weighted by molar-refractivity contribution is 7.80. The monoisotopic (exact) mass is 832 g/mol. The average Bonchev–Trinajstić information content (AvgIpc) is 3.79. The molecule has 0 saturated carbocycles. The molecule has 2 aromatic rings. The number of amides is 3. The quantitative estimate of drug-likeness (QED) is 0.226. The van der Waals surface area contributed by atoms with E-state index in [1.54, 1.807) is 74.3 Å². The molecule has 58 heavy (non-hydrogen) atoms. The van der Waals surface area contributed by atoms with E-state index in [4.69, 9.17) is 50.1 Å². The molecule has 324 valence electrons. The number of carbonyl (C=O) groups excluding carboxylic acids is 3. The van der Waals surface area contributed by atoms with Crippen LogP contribution in [0, 0.1) is 0 Å². The third-order valence-corrected chi connectivity index (χ3v) is 9.66. The predicted octanol–water partition coefficient (Wildman–Crippen LogP) is 6.17. The minimum Gasteiger partial charge on any atom is -0.497 e. The van der Waals surface area contributed by atoms with Crippen molar-refractivity contribution in [1.29, 1.82) is 0 Å². The first-order valence-electron chi connectivity index (χ1n) is 19.2. The van der Waals surface area contributed by atoms with Crippen LogP contribution >= 0.6 is 12.2 Å². The molecular formula is C42H64N4O11S. The first kappa shape index (κ1) is 47.8. The summed E-state index contributed by atoms with van der Waals surface area (Å²) in [6, 6.07) is 10.3. The van der Waals surface area contributed by atoms with E-state index in [0.717, 1.165) is 11.1 Å². The molecule has 2 heterocycles. The molecule has 3 amide bonds. The number of rotatable bonds is 12.